The molecular formula is C17H14N2O2. The standard InChI is InChI=1S/C17H14N2O2/c20-17(21)11-6-7-14-15(8-11)19-16(18-14)13-9-12(13)10-4-2-1-3-5-10/h1-8,12-13H,9H2,(H,18,19)(H,20,21). The minimum atomic E-state index is -0.915. The fraction of sp³-hybridized carbons (Fsp3) is 0.176. The largest absolute Gasteiger partial charge is 0.478 e. The molecule has 1 fully saturated rings. The maximum absolute atomic E-state index is 11.0. The summed E-state index contributed by atoms with van der Waals surface area (Å²) < 4.78 is 0. The van der Waals surface area contributed by atoms with Crippen molar-refractivity contribution in [1.82, 2.24) is 9.97 Å². The Morgan fingerprint density at radius 2 is 1.95 bits per heavy atom. The second-order valence-corrected chi connectivity index (χ2v) is 5.52. The summed E-state index contributed by atoms with van der Waals surface area (Å²) in [6.07, 6.45) is 1.09. The highest BCUT2D eigenvalue weighted by molar-refractivity contribution is 5.92. The van der Waals surface area contributed by atoms with Gasteiger partial charge < -0.3 is 10.1 Å². The van der Waals surface area contributed by atoms with Crippen LogP contribution in [0.1, 0.15) is 40.0 Å². The van der Waals surface area contributed by atoms with Gasteiger partial charge in [-0.1, -0.05) is 30.3 Å². The van der Waals surface area contributed by atoms with Crippen LogP contribution in [0.2, 0.25) is 0 Å². The van der Waals surface area contributed by atoms with E-state index in [4.69, 9.17) is 5.11 Å². The number of carbonyl (C=O) groups is 1. The summed E-state index contributed by atoms with van der Waals surface area (Å²) >= 11 is 0. The SMILES string of the molecule is O=C(O)c1ccc2nc(C3CC3c3ccccc3)[nH]c2c1. The number of H-pyrrole nitrogens is 1. The van der Waals surface area contributed by atoms with Gasteiger partial charge in [-0.3, -0.25) is 0 Å². The summed E-state index contributed by atoms with van der Waals surface area (Å²) in [4.78, 5) is 18.9. The number of carboxylic acid groups (broad SMARTS) is 1. The van der Waals surface area contributed by atoms with Crippen LogP contribution in [0, 0.1) is 0 Å². The molecule has 2 N–H and O–H groups in total. The average molecular weight is 278 g/mol. The van der Waals surface area contributed by atoms with Crippen LogP contribution in [0.25, 0.3) is 11.0 Å². The van der Waals surface area contributed by atoms with Crippen LogP contribution in [0.3, 0.4) is 0 Å². The van der Waals surface area contributed by atoms with Gasteiger partial charge in [0.2, 0.25) is 0 Å². The predicted octanol–water partition coefficient (Wildman–Crippen LogP) is 3.53. The van der Waals surface area contributed by atoms with Crippen LogP contribution < -0.4 is 0 Å². The number of nitrogens with zero attached hydrogens (tertiary/aromatic N) is 1. The van der Waals surface area contributed by atoms with Gasteiger partial charge in [-0.05, 0) is 36.1 Å². The zero-order valence-corrected chi connectivity index (χ0v) is 11.3. The minimum absolute atomic E-state index is 0.285. The van der Waals surface area contributed by atoms with E-state index in [1.807, 2.05) is 6.07 Å². The second kappa shape index (κ2) is 4.45. The van der Waals surface area contributed by atoms with Crippen molar-refractivity contribution in [2.45, 2.75) is 18.3 Å². The number of fused-ring (bicyclic) bond motifs is 1. The zero-order valence-electron chi connectivity index (χ0n) is 11.3. The topological polar surface area (TPSA) is 66.0 Å². The molecule has 2 aromatic carbocycles. The van der Waals surface area contributed by atoms with Crippen LogP contribution >= 0.6 is 0 Å². The van der Waals surface area contributed by atoms with Crippen LogP contribution in [-0.4, -0.2) is 21.0 Å². The number of hydrogen-bond donors (Lipinski definition) is 2. The van der Waals surface area contributed by atoms with Crippen molar-refractivity contribution in [2.24, 2.45) is 0 Å². The Kier molecular flexibility index (Phi) is 2.57. The Morgan fingerprint density at radius 1 is 1.14 bits per heavy atom. The van der Waals surface area contributed by atoms with Gasteiger partial charge in [0.15, 0.2) is 0 Å². The number of imidazole rings is 1. The molecule has 4 nitrogen and oxygen atoms in total. The van der Waals surface area contributed by atoms with E-state index in [1.54, 1.807) is 18.2 Å². The highest BCUT2D eigenvalue weighted by Crippen LogP contribution is 2.53. The first kappa shape index (κ1) is 12.1. The van der Waals surface area contributed by atoms with Gasteiger partial charge in [-0.2, -0.15) is 0 Å². The quantitative estimate of drug-likeness (QED) is 0.770. The van der Waals surface area contributed by atoms with Gasteiger partial charge in [0.1, 0.15) is 5.82 Å². The highest BCUT2D eigenvalue weighted by Gasteiger charge is 2.41. The molecule has 0 saturated heterocycles. The molecule has 104 valence electrons. The highest BCUT2D eigenvalue weighted by atomic mass is 16.4. The lowest BCUT2D eigenvalue weighted by molar-refractivity contribution is 0.0697. The summed E-state index contributed by atoms with van der Waals surface area (Å²) in [6, 6.07) is 15.4. The number of hydrogen-bond acceptors (Lipinski definition) is 2. The Bertz CT molecular complexity index is 823. The molecule has 0 bridgehead atoms. The Balaban J connectivity index is 1.65. The summed E-state index contributed by atoms with van der Waals surface area (Å²) in [5, 5.41) is 9.03. The molecule has 1 aliphatic carbocycles. The third kappa shape index (κ3) is 2.09. The van der Waals surface area contributed by atoms with Gasteiger partial charge >= 0.3 is 5.97 Å². The zero-order chi connectivity index (χ0) is 14.4. The molecule has 21 heavy (non-hydrogen) atoms. The molecule has 0 amide bonds. The van der Waals surface area contributed by atoms with Gasteiger partial charge in [0.05, 0.1) is 16.6 Å². The summed E-state index contributed by atoms with van der Waals surface area (Å²) in [5.74, 6) is 0.974. The molecule has 0 spiro atoms. The van der Waals surface area contributed by atoms with Gasteiger partial charge in [0.25, 0.3) is 0 Å². The van der Waals surface area contributed by atoms with Gasteiger partial charge in [-0.15, -0.1) is 0 Å². The van der Waals surface area contributed by atoms with Crippen molar-refractivity contribution in [2.75, 3.05) is 0 Å². The summed E-state index contributed by atoms with van der Waals surface area (Å²) in [5.41, 5.74) is 3.25. The van der Waals surface area contributed by atoms with E-state index in [0.29, 0.717) is 11.8 Å². The molecule has 1 aromatic heterocycles. The number of aromatic amines is 1. The lowest BCUT2D eigenvalue weighted by Crippen LogP contribution is -1.94. The number of carboxylic acids is 1. The first-order valence-electron chi connectivity index (χ1n) is 7.00. The number of benzene rings is 2. The number of aromatic nitrogens is 2. The molecule has 4 rings (SSSR count). The van der Waals surface area contributed by atoms with E-state index >= 15 is 0 Å². The number of rotatable bonds is 3. The Morgan fingerprint density at radius 3 is 2.71 bits per heavy atom. The molecule has 4 heteroatoms. The van der Waals surface area contributed by atoms with Crippen molar-refractivity contribution in [1.29, 1.82) is 0 Å². The van der Waals surface area contributed by atoms with Crippen molar-refractivity contribution in [3.63, 3.8) is 0 Å². The summed E-state index contributed by atoms with van der Waals surface area (Å²) in [6.45, 7) is 0. The lowest BCUT2D eigenvalue weighted by atomic mass is 10.1. The third-order valence-electron chi connectivity index (χ3n) is 4.12. The molecule has 1 heterocycles. The molecule has 2 atom stereocenters. The normalized spacial score (nSPS) is 20.6. The van der Waals surface area contributed by atoms with E-state index in [9.17, 15) is 4.79 Å². The maximum atomic E-state index is 11.0. The van der Waals surface area contributed by atoms with Gasteiger partial charge in [0, 0.05) is 5.92 Å². The average Bonchev–Trinajstić information content (AvgIpc) is 3.19. The number of nitrogens with one attached hydrogen (secondary N) is 1. The molecular weight excluding hydrogens is 264 g/mol. The van der Waals surface area contributed by atoms with E-state index in [0.717, 1.165) is 23.3 Å². The van der Waals surface area contributed by atoms with Crippen LogP contribution in [0.4, 0.5) is 0 Å². The van der Waals surface area contributed by atoms with Crippen LogP contribution in [-0.2, 0) is 0 Å². The molecule has 1 aliphatic rings. The molecule has 0 aliphatic heterocycles. The lowest BCUT2D eigenvalue weighted by Gasteiger charge is -1.97. The van der Waals surface area contributed by atoms with E-state index in [1.165, 1.54) is 5.56 Å². The van der Waals surface area contributed by atoms with E-state index in [-0.39, 0.29) is 5.56 Å². The summed E-state index contributed by atoms with van der Waals surface area (Å²) in [7, 11) is 0. The molecule has 0 radical (unpaired) electrons. The van der Waals surface area contributed by atoms with E-state index < -0.39 is 5.97 Å². The van der Waals surface area contributed by atoms with Crippen molar-refractivity contribution < 1.29 is 9.90 Å². The minimum Gasteiger partial charge on any atom is -0.478 e. The molecule has 2 unspecified atom stereocenters. The van der Waals surface area contributed by atoms with Crippen molar-refractivity contribution in [3.05, 3.63) is 65.5 Å². The fourth-order valence-corrected chi connectivity index (χ4v) is 2.90. The third-order valence-corrected chi connectivity index (χ3v) is 4.12. The maximum Gasteiger partial charge on any atom is 0.335 e. The second-order valence-electron chi connectivity index (χ2n) is 5.52. The van der Waals surface area contributed by atoms with Crippen LogP contribution in [0.15, 0.2) is 48.5 Å². The smallest absolute Gasteiger partial charge is 0.335 e. The van der Waals surface area contributed by atoms with Gasteiger partial charge in [-0.25, -0.2) is 9.78 Å². The van der Waals surface area contributed by atoms with Crippen LogP contribution in [0.5, 0.6) is 0 Å². The van der Waals surface area contributed by atoms with Crippen molar-refractivity contribution in [3.8, 4) is 0 Å². The fourth-order valence-electron chi connectivity index (χ4n) is 2.90. The number of aromatic carboxylic acids is 1. The predicted molar refractivity (Wildman–Crippen MR) is 79.6 cm³/mol. The molecule has 3 aromatic rings. The first-order chi connectivity index (χ1) is 10.2. The Hall–Kier alpha value is -2.62. The molecule has 1 saturated carbocycles. The Labute approximate surface area is 121 Å². The van der Waals surface area contributed by atoms with E-state index in [2.05, 4.69) is 34.2 Å². The van der Waals surface area contributed by atoms with Crippen molar-refractivity contribution >= 4 is 17.0 Å². The monoisotopic (exact) mass is 278 g/mol. The first-order valence-corrected chi connectivity index (χ1v) is 7.00.